The molecule has 0 radical (unpaired) electrons. The zero-order chi connectivity index (χ0) is 26.9. The molecule has 0 aliphatic carbocycles. The molecule has 1 amide bonds. The second kappa shape index (κ2) is 16.9. The molecule has 0 fully saturated rings. The summed E-state index contributed by atoms with van der Waals surface area (Å²) in [6.45, 7) is 9.76. The van der Waals surface area contributed by atoms with Crippen LogP contribution in [0.3, 0.4) is 0 Å². The Morgan fingerprint density at radius 1 is 0.833 bits per heavy atom. The second-order valence-electron chi connectivity index (χ2n) is 7.61. The van der Waals surface area contributed by atoms with Gasteiger partial charge in [0.2, 0.25) is 0 Å². The molecule has 1 atom stereocenters. The van der Waals surface area contributed by atoms with Gasteiger partial charge in [0.05, 0.1) is 13.2 Å². The first-order chi connectivity index (χ1) is 17.3. The lowest BCUT2D eigenvalue weighted by Crippen LogP contribution is -2.43. The molecular weight excluding hydrogens is 462 g/mol. The fraction of sp³-hybridized carbons (Fsp3) is 0.429. The lowest BCUT2D eigenvalue weighted by molar-refractivity contribution is -0.145. The number of nitrogens with one attached hydrogen (secondary N) is 1. The number of benzene rings is 2. The highest BCUT2D eigenvalue weighted by molar-refractivity contribution is 5.97. The average molecular weight is 500 g/mol. The number of ketones is 1. The normalized spacial score (nSPS) is 10.8. The van der Waals surface area contributed by atoms with E-state index in [9.17, 15) is 19.2 Å². The SMILES string of the molecule is CC.CCOC(=O)C(Cc1ccc(OC(=O)CCCC(C)=O)cc1)NC(=O)c1ccc(OCC)cc1. The molecule has 8 nitrogen and oxygen atoms in total. The van der Waals surface area contributed by atoms with Crippen molar-refractivity contribution in [1.29, 1.82) is 0 Å². The topological polar surface area (TPSA) is 108 Å². The third-order valence-corrected chi connectivity index (χ3v) is 4.81. The lowest BCUT2D eigenvalue weighted by Gasteiger charge is -2.18. The van der Waals surface area contributed by atoms with Crippen molar-refractivity contribution >= 4 is 23.6 Å². The molecule has 0 aromatic heterocycles. The fourth-order valence-corrected chi connectivity index (χ4v) is 3.14. The van der Waals surface area contributed by atoms with Gasteiger partial charge in [0.15, 0.2) is 0 Å². The van der Waals surface area contributed by atoms with Crippen LogP contribution >= 0.6 is 0 Å². The van der Waals surface area contributed by atoms with Gasteiger partial charge in [-0.05, 0) is 69.2 Å². The van der Waals surface area contributed by atoms with Gasteiger partial charge in [-0.25, -0.2) is 4.79 Å². The van der Waals surface area contributed by atoms with Crippen molar-refractivity contribution in [2.45, 2.75) is 66.3 Å². The molecule has 0 saturated heterocycles. The third kappa shape index (κ3) is 11.2. The van der Waals surface area contributed by atoms with Gasteiger partial charge >= 0.3 is 11.9 Å². The first-order valence-electron chi connectivity index (χ1n) is 12.3. The molecule has 2 rings (SSSR count). The molecule has 0 bridgehead atoms. The van der Waals surface area contributed by atoms with Gasteiger partial charge < -0.3 is 24.3 Å². The Hall–Kier alpha value is -3.68. The van der Waals surface area contributed by atoms with Gasteiger partial charge in [-0.3, -0.25) is 9.59 Å². The van der Waals surface area contributed by atoms with E-state index in [0.29, 0.717) is 36.5 Å². The molecule has 2 aromatic rings. The van der Waals surface area contributed by atoms with Crippen LogP contribution in [0.1, 0.15) is 69.8 Å². The largest absolute Gasteiger partial charge is 0.494 e. The van der Waals surface area contributed by atoms with Crippen LogP contribution in [0.5, 0.6) is 11.5 Å². The van der Waals surface area contributed by atoms with Crippen molar-refractivity contribution in [2.24, 2.45) is 0 Å². The van der Waals surface area contributed by atoms with Crippen molar-refractivity contribution in [2.75, 3.05) is 13.2 Å². The van der Waals surface area contributed by atoms with E-state index in [-0.39, 0.29) is 25.2 Å². The van der Waals surface area contributed by atoms with Crippen LogP contribution in [-0.2, 0) is 25.5 Å². The molecular formula is C28H37NO7. The minimum Gasteiger partial charge on any atom is -0.494 e. The third-order valence-electron chi connectivity index (χ3n) is 4.81. The van der Waals surface area contributed by atoms with E-state index < -0.39 is 23.9 Å². The van der Waals surface area contributed by atoms with Gasteiger partial charge in [-0.2, -0.15) is 0 Å². The summed E-state index contributed by atoms with van der Waals surface area (Å²) in [6, 6.07) is 12.4. The zero-order valence-electron chi connectivity index (χ0n) is 21.8. The molecule has 0 saturated carbocycles. The van der Waals surface area contributed by atoms with Crippen molar-refractivity contribution in [3.63, 3.8) is 0 Å². The van der Waals surface area contributed by atoms with Crippen LogP contribution in [0.2, 0.25) is 0 Å². The average Bonchev–Trinajstić information content (AvgIpc) is 2.86. The standard InChI is InChI=1S/C26H31NO7.C2H6/c1-4-32-21-15-11-20(12-16-21)25(30)27-23(26(31)33-5-2)17-19-9-13-22(14-10-19)34-24(29)8-6-7-18(3)28;1-2/h9-16,23H,4-8,17H2,1-3H3,(H,27,30);1-2H3. The molecule has 1 unspecified atom stereocenters. The van der Waals surface area contributed by atoms with Crippen LogP contribution in [0, 0.1) is 0 Å². The zero-order valence-corrected chi connectivity index (χ0v) is 21.8. The van der Waals surface area contributed by atoms with E-state index in [2.05, 4.69) is 5.32 Å². The number of carbonyl (C=O) groups is 4. The monoisotopic (exact) mass is 499 g/mol. The Bertz CT molecular complexity index is 968. The van der Waals surface area contributed by atoms with Gasteiger partial charge in [0.1, 0.15) is 23.3 Å². The highest BCUT2D eigenvalue weighted by atomic mass is 16.5. The van der Waals surface area contributed by atoms with E-state index in [1.165, 1.54) is 6.92 Å². The van der Waals surface area contributed by atoms with Crippen LogP contribution in [0.4, 0.5) is 0 Å². The summed E-state index contributed by atoms with van der Waals surface area (Å²) < 4.78 is 15.8. The van der Waals surface area contributed by atoms with Crippen molar-refractivity contribution in [1.82, 2.24) is 5.32 Å². The number of hydrogen-bond donors (Lipinski definition) is 1. The van der Waals surface area contributed by atoms with Gasteiger partial charge in [0, 0.05) is 24.8 Å². The first kappa shape index (κ1) is 30.4. The Morgan fingerprint density at radius 3 is 2.00 bits per heavy atom. The van der Waals surface area contributed by atoms with E-state index >= 15 is 0 Å². The number of esters is 2. The minimum atomic E-state index is -0.890. The maximum absolute atomic E-state index is 12.7. The summed E-state index contributed by atoms with van der Waals surface area (Å²) in [5.41, 5.74) is 1.14. The number of ether oxygens (including phenoxy) is 3. The Kier molecular flexibility index (Phi) is 14.2. The molecule has 8 heteroatoms. The summed E-state index contributed by atoms with van der Waals surface area (Å²) in [4.78, 5) is 48.0. The molecule has 36 heavy (non-hydrogen) atoms. The van der Waals surface area contributed by atoms with Crippen LogP contribution in [0.25, 0.3) is 0 Å². The quantitative estimate of drug-likeness (QED) is 0.315. The van der Waals surface area contributed by atoms with E-state index in [1.807, 2.05) is 20.8 Å². The summed E-state index contributed by atoms with van der Waals surface area (Å²) >= 11 is 0. The maximum Gasteiger partial charge on any atom is 0.328 e. The van der Waals surface area contributed by atoms with Crippen LogP contribution in [0.15, 0.2) is 48.5 Å². The Labute approximate surface area is 213 Å². The van der Waals surface area contributed by atoms with Gasteiger partial charge in [0.25, 0.3) is 5.91 Å². The van der Waals surface area contributed by atoms with Crippen LogP contribution in [-0.4, -0.2) is 42.9 Å². The number of hydrogen-bond acceptors (Lipinski definition) is 7. The number of Topliss-reactive ketones (excluding diaryl/α,β-unsaturated/α-hetero) is 1. The molecule has 2 aromatic carbocycles. The summed E-state index contributed by atoms with van der Waals surface area (Å²) in [5.74, 6) is -0.313. The number of carbonyl (C=O) groups excluding carboxylic acids is 4. The summed E-state index contributed by atoms with van der Waals surface area (Å²) in [6.07, 6.45) is 1.14. The molecule has 1 N–H and O–H groups in total. The predicted octanol–water partition coefficient (Wildman–Crippen LogP) is 4.68. The minimum absolute atomic E-state index is 0.0305. The van der Waals surface area contributed by atoms with Crippen molar-refractivity contribution in [3.8, 4) is 11.5 Å². The summed E-state index contributed by atoms with van der Waals surface area (Å²) in [7, 11) is 0. The summed E-state index contributed by atoms with van der Waals surface area (Å²) in [5, 5.41) is 2.73. The molecule has 0 aliphatic heterocycles. The Morgan fingerprint density at radius 2 is 1.44 bits per heavy atom. The van der Waals surface area contributed by atoms with Crippen molar-refractivity contribution in [3.05, 3.63) is 59.7 Å². The van der Waals surface area contributed by atoms with Gasteiger partial charge in [-0.15, -0.1) is 0 Å². The molecule has 0 aliphatic rings. The smallest absolute Gasteiger partial charge is 0.328 e. The fourth-order valence-electron chi connectivity index (χ4n) is 3.14. The molecule has 0 spiro atoms. The predicted molar refractivity (Wildman–Crippen MR) is 137 cm³/mol. The number of rotatable bonds is 13. The highest BCUT2D eigenvalue weighted by Crippen LogP contribution is 2.16. The number of amides is 1. The maximum atomic E-state index is 12.7. The van der Waals surface area contributed by atoms with E-state index in [4.69, 9.17) is 14.2 Å². The first-order valence-corrected chi connectivity index (χ1v) is 12.3. The lowest BCUT2D eigenvalue weighted by atomic mass is 10.0. The van der Waals surface area contributed by atoms with Gasteiger partial charge in [-0.1, -0.05) is 26.0 Å². The van der Waals surface area contributed by atoms with E-state index in [1.54, 1.807) is 55.5 Å². The van der Waals surface area contributed by atoms with Crippen molar-refractivity contribution < 1.29 is 33.4 Å². The second-order valence-corrected chi connectivity index (χ2v) is 7.61. The van der Waals surface area contributed by atoms with Crippen LogP contribution < -0.4 is 14.8 Å². The molecule has 196 valence electrons. The highest BCUT2D eigenvalue weighted by Gasteiger charge is 2.23. The van der Waals surface area contributed by atoms with E-state index in [0.717, 1.165) is 5.56 Å². The molecule has 0 heterocycles. The Balaban J connectivity index is 0.00000316.